The number of nitrogens with zero attached hydrogens (tertiary/aromatic N) is 1. The highest BCUT2D eigenvalue weighted by molar-refractivity contribution is 6.00. The predicted molar refractivity (Wildman–Crippen MR) is 110 cm³/mol. The van der Waals surface area contributed by atoms with Crippen molar-refractivity contribution in [2.24, 2.45) is 0 Å². The highest BCUT2D eigenvalue weighted by Gasteiger charge is 2.26. The van der Waals surface area contributed by atoms with Gasteiger partial charge in [0, 0.05) is 11.3 Å². The fourth-order valence-electron chi connectivity index (χ4n) is 3.07. The SMILES string of the molecule is CC(=O)C(CN(C(=O)CO)c1ccccc1C)NC(=O)c1cc(C)c(O)c(C)c1. The number of aryl methyl sites for hydroxylation is 3. The highest BCUT2D eigenvalue weighted by Crippen LogP contribution is 2.23. The molecule has 0 aromatic heterocycles. The molecule has 1 unspecified atom stereocenters. The summed E-state index contributed by atoms with van der Waals surface area (Å²) in [6.07, 6.45) is 0. The van der Waals surface area contributed by atoms with Crippen molar-refractivity contribution in [1.82, 2.24) is 5.32 Å². The Bertz CT molecular complexity index is 916. The van der Waals surface area contributed by atoms with E-state index in [0.29, 0.717) is 22.4 Å². The summed E-state index contributed by atoms with van der Waals surface area (Å²) in [6.45, 7) is 5.68. The van der Waals surface area contributed by atoms with Crippen LogP contribution in [-0.4, -0.2) is 47.0 Å². The zero-order chi connectivity index (χ0) is 21.7. The average Bonchev–Trinajstić information content (AvgIpc) is 2.68. The van der Waals surface area contributed by atoms with Crippen LogP contribution in [0, 0.1) is 20.8 Å². The van der Waals surface area contributed by atoms with Crippen molar-refractivity contribution in [1.29, 1.82) is 0 Å². The number of ketones is 1. The monoisotopic (exact) mass is 398 g/mol. The van der Waals surface area contributed by atoms with E-state index in [1.165, 1.54) is 24.0 Å². The number of hydrogen-bond acceptors (Lipinski definition) is 5. The van der Waals surface area contributed by atoms with Crippen molar-refractivity contribution < 1.29 is 24.6 Å². The van der Waals surface area contributed by atoms with Crippen LogP contribution in [0.2, 0.25) is 0 Å². The van der Waals surface area contributed by atoms with Crippen LogP contribution in [0.5, 0.6) is 5.75 Å². The smallest absolute Gasteiger partial charge is 0.252 e. The van der Waals surface area contributed by atoms with Gasteiger partial charge < -0.3 is 20.4 Å². The molecule has 0 saturated heterocycles. The summed E-state index contributed by atoms with van der Waals surface area (Å²) in [5.74, 6) is -1.27. The van der Waals surface area contributed by atoms with Crippen LogP contribution in [0.1, 0.15) is 34.0 Å². The summed E-state index contributed by atoms with van der Waals surface area (Å²) in [5, 5.41) is 21.9. The van der Waals surface area contributed by atoms with Gasteiger partial charge in [-0.3, -0.25) is 14.4 Å². The van der Waals surface area contributed by atoms with Gasteiger partial charge in [0.2, 0.25) is 0 Å². The predicted octanol–water partition coefficient (Wildman–Crippen LogP) is 2.03. The molecule has 7 nitrogen and oxygen atoms in total. The number of anilines is 1. The number of benzene rings is 2. The molecule has 0 aliphatic rings. The standard InChI is InChI=1S/C22H26N2O5/c1-13-7-5-6-8-19(13)24(20(27)12-25)11-18(16(4)26)23-22(29)17-9-14(2)21(28)15(3)10-17/h5-10,18,25,28H,11-12H2,1-4H3,(H,23,29). The number of aliphatic hydroxyl groups is 1. The van der Waals surface area contributed by atoms with Crippen molar-refractivity contribution in [3.8, 4) is 5.75 Å². The molecule has 2 aromatic rings. The van der Waals surface area contributed by atoms with Crippen molar-refractivity contribution in [3.05, 3.63) is 58.7 Å². The maximum absolute atomic E-state index is 12.7. The third-order valence-electron chi connectivity index (χ3n) is 4.76. The molecular weight excluding hydrogens is 372 g/mol. The molecule has 0 saturated carbocycles. The Balaban J connectivity index is 2.30. The minimum absolute atomic E-state index is 0.110. The van der Waals surface area contributed by atoms with E-state index in [0.717, 1.165) is 5.56 Å². The molecule has 0 radical (unpaired) electrons. The molecule has 3 N–H and O–H groups in total. The van der Waals surface area contributed by atoms with Crippen LogP contribution < -0.4 is 10.2 Å². The number of hydrogen-bond donors (Lipinski definition) is 3. The number of phenolic OH excluding ortho intramolecular Hbond substituents is 1. The molecular formula is C22H26N2O5. The second-order valence-corrected chi connectivity index (χ2v) is 7.04. The number of nitrogens with one attached hydrogen (secondary N) is 1. The van der Waals surface area contributed by atoms with Crippen molar-refractivity contribution in [3.63, 3.8) is 0 Å². The molecule has 2 aromatic carbocycles. The lowest BCUT2D eigenvalue weighted by atomic mass is 10.0. The van der Waals surface area contributed by atoms with Gasteiger partial charge in [-0.25, -0.2) is 0 Å². The summed E-state index contributed by atoms with van der Waals surface area (Å²) >= 11 is 0. The lowest BCUT2D eigenvalue weighted by Crippen LogP contribution is -2.50. The van der Waals surface area contributed by atoms with Gasteiger partial charge in [0.25, 0.3) is 11.8 Å². The molecule has 0 bridgehead atoms. The fourth-order valence-corrected chi connectivity index (χ4v) is 3.07. The molecule has 7 heteroatoms. The largest absolute Gasteiger partial charge is 0.507 e. The normalized spacial score (nSPS) is 11.6. The van der Waals surface area contributed by atoms with E-state index in [2.05, 4.69) is 5.32 Å². The zero-order valence-electron chi connectivity index (χ0n) is 17.0. The van der Waals surface area contributed by atoms with E-state index in [-0.39, 0.29) is 18.1 Å². The van der Waals surface area contributed by atoms with Gasteiger partial charge in [-0.05, 0) is 62.6 Å². The topological polar surface area (TPSA) is 107 Å². The van der Waals surface area contributed by atoms with Crippen molar-refractivity contribution in [2.45, 2.75) is 33.7 Å². The van der Waals surface area contributed by atoms with Crippen molar-refractivity contribution >= 4 is 23.3 Å². The van der Waals surface area contributed by atoms with Gasteiger partial charge in [-0.2, -0.15) is 0 Å². The third-order valence-corrected chi connectivity index (χ3v) is 4.76. The zero-order valence-corrected chi connectivity index (χ0v) is 17.0. The van der Waals surface area contributed by atoms with E-state index >= 15 is 0 Å². The van der Waals surface area contributed by atoms with Crippen LogP contribution in [0.25, 0.3) is 0 Å². The van der Waals surface area contributed by atoms with Crippen molar-refractivity contribution in [2.75, 3.05) is 18.1 Å². The Labute approximate surface area is 170 Å². The van der Waals surface area contributed by atoms with E-state index in [9.17, 15) is 24.6 Å². The second kappa shape index (κ2) is 9.34. The number of aromatic hydroxyl groups is 1. The summed E-state index contributed by atoms with van der Waals surface area (Å²) < 4.78 is 0. The van der Waals surface area contributed by atoms with Gasteiger partial charge in [-0.15, -0.1) is 0 Å². The Morgan fingerprint density at radius 2 is 1.62 bits per heavy atom. The number of carbonyl (C=O) groups excluding carboxylic acids is 3. The molecule has 2 rings (SSSR count). The molecule has 0 fully saturated rings. The lowest BCUT2D eigenvalue weighted by molar-refractivity contribution is -0.121. The Kier molecular flexibility index (Phi) is 7.12. The van der Waals surface area contributed by atoms with E-state index < -0.39 is 24.5 Å². The van der Waals surface area contributed by atoms with Gasteiger partial charge in [-0.1, -0.05) is 18.2 Å². The maximum atomic E-state index is 12.7. The molecule has 0 aliphatic carbocycles. The van der Waals surface area contributed by atoms with Crippen LogP contribution in [-0.2, 0) is 9.59 Å². The van der Waals surface area contributed by atoms with Crippen LogP contribution in [0.15, 0.2) is 36.4 Å². The Hall–Kier alpha value is -3.19. The quantitative estimate of drug-likeness (QED) is 0.662. The minimum Gasteiger partial charge on any atom is -0.507 e. The fraction of sp³-hybridized carbons (Fsp3) is 0.318. The van der Waals surface area contributed by atoms with Gasteiger partial charge >= 0.3 is 0 Å². The number of para-hydroxylation sites is 1. The number of rotatable bonds is 7. The number of carbonyl (C=O) groups is 3. The summed E-state index contributed by atoms with van der Waals surface area (Å²) in [7, 11) is 0. The minimum atomic E-state index is -0.966. The van der Waals surface area contributed by atoms with Crippen LogP contribution >= 0.6 is 0 Å². The highest BCUT2D eigenvalue weighted by atomic mass is 16.3. The molecule has 2 amide bonds. The first-order valence-corrected chi connectivity index (χ1v) is 9.24. The van der Waals surface area contributed by atoms with Gasteiger partial charge in [0.15, 0.2) is 5.78 Å². The van der Waals surface area contributed by atoms with Gasteiger partial charge in [0.05, 0.1) is 6.54 Å². The summed E-state index contributed by atoms with van der Waals surface area (Å²) in [6, 6.07) is 9.21. The third kappa shape index (κ3) is 5.20. The van der Waals surface area contributed by atoms with Crippen LogP contribution in [0.4, 0.5) is 5.69 Å². The first-order valence-electron chi connectivity index (χ1n) is 9.24. The first-order chi connectivity index (χ1) is 13.6. The molecule has 0 aliphatic heterocycles. The lowest BCUT2D eigenvalue weighted by Gasteiger charge is -2.28. The Morgan fingerprint density at radius 3 is 2.14 bits per heavy atom. The maximum Gasteiger partial charge on any atom is 0.252 e. The summed E-state index contributed by atoms with van der Waals surface area (Å²) in [5.41, 5.74) is 2.76. The Morgan fingerprint density at radius 1 is 1.03 bits per heavy atom. The number of Topliss-reactive ketones (excluding diaryl/α,β-unsaturated/α-hetero) is 1. The second-order valence-electron chi connectivity index (χ2n) is 7.04. The van der Waals surface area contributed by atoms with E-state index in [1.807, 2.05) is 19.1 Å². The number of phenols is 1. The van der Waals surface area contributed by atoms with E-state index in [1.54, 1.807) is 26.0 Å². The molecule has 29 heavy (non-hydrogen) atoms. The summed E-state index contributed by atoms with van der Waals surface area (Å²) in [4.78, 5) is 38.5. The number of amides is 2. The molecule has 154 valence electrons. The molecule has 0 heterocycles. The van der Waals surface area contributed by atoms with E-state index in [4.69, 9.17) is 0 Å². The number of aliphatic hydroxyl groups excluding tert-OH is 1. The first kappa shape index (κ1) is 22.1. The average molecular weight is 398 g/mol. The molecule has 1 atom stereocenters. The van der Waals surface area contributed by atoms with Crippen LogP contribution in [0.3, 0.4) is 0 Å². The van der Waals surface area contributed by atoms with Gasteiger partial charge in [0.1, 0.15) is 18.4 Å². The molecule has 0 spiro atoms.